The molecule has 29 heavy (non-hydrogen) atoms. The van der Waals surface area contributed by atoms with Crippen LogP contribution in [-0.2, 0) is 27.4 Å². The zero-order valence-corrected chi connectivity index (χ0v) is 15.4. The molecular weight excluding hydrogens is 383 g/mol. The van der Waals surface area contributed by atoms with E-state index in [2.05, 4.69) is 10.6 Å². The number of carbonyl (C=O) groups is 3. The van der Waals surface area contributed by atoms with Gasteiger partial charge in [-0.15, -0.1) is 0 Å². The number of carboxylic acid groups (broad SMARTS) is 1. The maximum Gasteiger partial charge on any atom is 0.408 e. The van der Waals surface area contributed by atoms with Crippen molar-refractivity contribution >= 4 is 18.0 Å². The molecule has 2 aromatic carbocycles. The highest BCUT2D eigenvalue weighted by Gasteiger charge is 2.27. The van der Waals surface area contributed by atoms with Crippen molar-refractivity contribution in [2.75, 3.05) is 6.61 Å². The van der Waals surface area contributed by atoms with Gasteiger partial charge in [0.1, 0.15) is 24.5 Å². The third kappa shape index (κ3) is 6.89. The molecule has 0 saturated heterocycles. The molecule has 0 aliphatic rings. The van der Waals surface area contributed by atoms with Gasteiger partial charge < -0.3 is 25.6 Å². The van der Waals surface area contributed by atoms with Crippen LogP contribution in [0, 0.1) is 5.82 Å². The lowest BCUT2D eigenvalue weighted by Crippen LogP contribution is -2.53. The van der Waals surface area contributed by atoms with Crippen LogP contribution in [0.1, 0.15) is 11.1 Å². The van der Waals surface area contributed by atoms with Crippen LogP contribution < -0.4 is 10.6 Å². The number of carboxylic acids is 1. The van der Waals surface area contributed by atoms with Crippen LogP contribution in [0.2, 0.25) is 0 Å². The van der Waals surface area contributed by atoms with E-state index in [1.54, 1.807) is 36.4 Å². The van der Waals surface area contributed by atoms with Crippen LogP contribution in [0.25, 0.3) is 0 Å². The summed E-state index contributed by atoms with van der Waals surface area (Å²) in [4.78, 5) is 35.6. The zero-order chi connectivity index (χ0) is 21.2. The molecule has 0 heterocycles. The van der Waals surface area contributed by atoms with Gasteiger partial charge in [-0.2, -0.15) is 0 Å². The second-order valence-corrected chi connectivity index (χ2v) is 6.14. The first kappa shape index (κ1) is 21.8. The molecule has 0 unspecified atom stereocenters. The average molecular weight is 404 g/mol. The van der Waals surface area contributed by atoms with E-state index in [1.165, 1.54) is 18.2 Å². The van der Waals surface area contributed by atoms with Gasteiger partial charge in [-0.1, -0.05) is 48.5 Å². The molecular formula is C20H21FN2O6. The van der Waals surface area contributed by atoms with Gasteiger partial charge in [-0.25, -0.2) is 14.0 Å². The summed E-state index contributed by atoms with van der Waals surface area (Å²) in [6.45, 7) is -0.824. The van der Waals surface area contributed by atoms with Crippen molar-refractivity contribution in [3.05, 3.63) is 71.5 Å². The van der Waals surface area contributed by atoms with Crippen LogP contribution >= 0.6 is 0 Å². The van der Waals surface area contributed by atoms with Crippen molar-refractivity contribution < 1.29 is 33.7 Å². The lowest BCUT2D eigenvalue weighted by Gasteiger charge is -2.20. The van der Waals surface area contributed by atoms with Gasteiger partial charge in [-0.3, -0.25) is 4.79 Å². The summed E-state index contributed by atoms with van der Waals surface area (Å²) < 4.78 is 18.7. The van der Waals surface area contributed by atoms with Crippen molar-refractivity contribution in [2.45, 2.75) is 25.1 Å². The second-order valence-electron chi connectivity index (χ2n) is 6.14. The van der Waals surface area contributed by atoms with Crippen molar-refractivity contribution in [2.24, 2.45) is 0 Å². The molecule has 2 rings (SSSR count). The van der Waals surface area contributed by atoms with Crippen LogP contribution in [0.5, 0.6) is 0 Å². The number of hydrogen-bond donors (Lipinski definition) is 4. The van der Waals surface area contributed by atoms with Crippen molar-refractivity contribution in [1.82, 2.24) is 10.6 Å². The Morgan fingerprint density at radius 3 is 2.24 bits per heavy atom. The lowest BCUT2D eigenvalue weighted by molar-refractivity contribution is -0.142. The predicted octanol–water partition coefficient (Wildman–Crippen LogP) is 1.22. The Kier molecular flexibility index (Phi) is 8.11. The maximum atomic E-state index is 13.8. The number of benzene rings is 2. The van der Waals surface area contributed by atoms with E-state index in [-0.39, 0.29) is 18.6 Å². The summed E-state index contributed by atoms with van der Waals surface area (Å²) in [7, 11) is 0. The number of aliphatic hydroxyl groups is 1. The molecule has 2 atom stereocenters. The average Bonchev–Trinajstić information content (AvgIpc) is 2.72. The van der Waals surface area contributed by atoms with Crippen LogP contribution in [0.15, 0.2) is 54.6 Å². The summed E-state index contributed by atoms with van der Waals surface area (Å²) in [6.07, 6.45) is -1.26. The zero-order valence-electron chi connectivity index (χ0n) is 15.4. The van der Waals surface area contributed by atoms with Gasteiger partial charge in [0.15, 0.2) is 0 Å². The summed E-state index contributed by atoms with van der Waals surface area (Å²) in [5, 5.41) is 23.0. The minimum atomic E-state index is -1.45. The van der Waals surface area contributed by atoms with Gasteiger partial charge in [0.25, 0.3) is 0 Å². The number of nitrogens with one attached hydrogen (secondary N) is 2. The highest BCUT2D eigenvalue weighted by atomic mass is 19.1. The van der Waals surface area contributed by atoms with E-state index < -0.39 is 42.5 Å². The third-order valence-electron chi connectivity index (χ3n) is 4.00. The first-order valence-electron chi connectivity index (χ1n) is 8.75. The van der Waals surface area contributed by atoms with Crippen molar-refractivity contribution in [1.29, 1.82) is 0 Å². The quantitative estimate of drug-likeness (QED) is 0.498. The SMILES string of the molecule is O=C(N[C@@H](CO)C(=O)N[C@H](Cc1ccccc1F)C(=O)O)OCc1ccccc1. The Labute approximate surface area is 166 Å². The largest absolute Gasteiger partial charge is 0.480 e. The Bertz CT molecular complexity index is 846. The van der Waals surface area contributed by atoms with Gasteiger partial charge >= 0.3 is 12.1 Å². The molecule has 0 aliphatic heterocycles. The van der Waals surface area contributed by atoms with E-state index in [1.807, 2.05) is 0 Å². The van der Waals surface area contributed by atoms with E-state index in [0.717, 1.165) is 5.56 Å². The fourth-order valence-electron chi connectivity index (χ4n) is 2.46. The molecule has 0 aliphatic carbocycles. The first-order chi connectivity index (χ1) is 13.9. The van der Waals surface area contributed by atoms with E-state index in [0.29, 0.717) is 0 Å². The van der Waals surface area contributed by atoms with Crippen molar-refractivity contribution in [3.8, 4) is 0 Å². The van der Waals surface area contributed by atoms with Gasteiger partial charge in [0, 0.05) is 6.42 Å². The molecule has 0 saturated carbocycles. The number of aliphatic carboxylic acids is 1. The van der Waals surface area contributed by atoms with Crippen LogP contribution in [0.4, 0.5) is 9.18 Å². The third-order valence-corrected chi connectivity index (χ3v) is 4.00. The Balaban J connectivity index is 1.93. The summed E-state index contributed by atoms with van der Waals surface area (Å²) in [6, 6.07) is 11.5. The number of halogens is 1. The van der Waals surface area contributed by atoms with Crippen molar-refractivity contribution in [3.63, 3.8) is 0 Å². The normalized spacial score (nSPS) is 12.5. The number of rotatable bonds is 9. The van der Waals surface area contributed by atoms with E-state index >= 15 is 0 Å². The Hall–Kier alpha value is -3.46. The van der Waals surface area contributed by atoms with Gasteiger partial charge in [0.2, 0.25) is 5.91 Å². The van der Waals surface area contributed by atoms with E-state index in [9.17, 15) is 29.0 Å². The fraction of sp³-hybridized carbons (Fsp3) is 0.250. The number of carbonyl (C=O) groups excluding carboxylic acids is 2. The lowest BCUT2D eigenvalue weighted by atomic mass is 10.0. The number of ether oxygens (including phenoxy) is 1. The topological polar surface area (TPSA) is 125 Å². The number of hydrogen-bond acceptors (Lipinski definition) is 5. The van der Waals surface area contributed by atoms with Crippen LogP contribution in [-0.4, -0.2) is 46.9 Å². The molecule has 0 bridgehead atoms. The minimum absolute atomic E-state index is 0.0442. The molecule has 4 N–H and O–H groups in total. The molecule has 0 fully saturated rings. The van der Waals surface area contributed by atoms with Crippen LogP contribution in [0.3, 0.4) is 0 Å². The van der Waals surface area contributed by atoms with E-state index in [4.69, 9.17) is 4.74 Å². The van der Waals surface area contributed by atoms with Gasteiger partial charge in [0.05, 0.1) is 6.61 Å². The molecule has 154 valence electrons. The molecule has 8 nitrogen and oxygen atoms in total. The molecule has 2 aromatic rings. The monoisotopic (exact) mass is 404 g/mol. The molecule has 0 spiro atoms. The molecule has 0 radical (unpaired) electrons. The molecule has 2 amide bonds. The first-order valence-corrected chi connectivity index (χ1v) is 8.75. The number of aliphatic hydroxyl groups excluding tert-OH is 1. The highest BCUT2D eigenvalue weighted by Crippen LogP contribution is 2.09. The fourth-order valence-corrected chi connectivity index (χ4v) is 2.46. The summed E-state index contributed by atoms with van der Waals surface area (Å²) in [5.41, 5.74) is 0.833. The minimum Gasteiger partial charge on any atom is -0.480 e. The number of amides is 2. The van der Waals surface area contributed by atoms with Gasteiger partial charge in [-0.05, 0) is 17.2 Å². The number of alkyl carbamates (subject to hydrolysis) is 1. The highest BCUT2D eigenvalue weighted by molar-refractivity contribution is 5.89. The summed E-state index contributed by atoms with van der Waals surface area (Å²) >= 11 is 0. The Morgan fingerprint density at radius 2 is 1.62 bits per heavy atom. The second kappa shape index (κ2) is 10.8. The molecule has 0 aromatic heterocycles. The standard InChI is InChI=1S/C20H21FN2O6/c21-15-9-5-4-8-14(15)10-16(19(26)27)22-18(25)17(11-24)23-20(28)29-12-13-6-2-1-3-7-13/h1-9,16-17,24H,10-12H2,(H,22,25)(H,23,28)(H,26,27)/t16-,17+/m1/s1. The maximum absolute atomic E-state index is 13.8. The predicted molar refractivity (Wildman–Crippen MR) is 100 cm³/mol. The Morgan fingerprint density at radius 1 is 0.966 bits per heavy atom. The smallest absolute Gasteiger partial charge is 0.408 e. The summed E-state index contributed by atoms with van der Waals surface area (Å²) in [5.74, 6) is -2.92. The molecule has 9 heteroatoms.